The number of hydrogen-bond donors (Lipinski definition) is 1. The monoisotopic (exact) mass is 292 g/mol. The third-order valence-electron chi connectivity index (χ3n) is 2.95. The molecule has 0 unspecified atom stereocenters. The van der Waals surface area contributed by atoms with Crippen molar-refractivity contribution in [1.29, 1.82) is 0 Å². The Kier molecular flexibility index (Phi) is 5.05. The van der Waals surface area contributed by atoms with Crippen molar-refractivity contribution in [1.82, 2.24) is 9.88 Å². The first-order chi connectivity index (χ1) is 10.1. The van der Waals surface area contributed by atoms with Crippen molar-refractivity contribution in [2.75, 3.05) is 13.1 Å². The van der Waals surface area contributed by atoms with E-state index in [2.05, 4.69) is 4.98 Å². The minimum atomic E-state index is -0.899. The summed E-state index contributed by atoms with van der Waals surface area (Å²) in [6.07, 6.45) is 2.28. The maximum Gasteiger partial charge on any atom is 0.317 e. The third kappa shape index (κ3) is 4.13. The van der Waals surface area contributed by atoms with Gasteiger partial charge in [-0.1, -0.05) is 19.1 Å². The fraction of sp³-hybridized carbons (Fsp3) is 0.333. The second-order valence-electron chi connectivity index (χ2n) is 4.70. The van der Waals surface area contributed by atoms with Crippen LogP contribution in [0.4, 0.5) is 4.39 Å². The van der Waals surface area contributed by atoms with Crippen molar-refractivity contribution >= 4 is 5.97 Å². The van der Waals surface area contributed by atoms with Gasteiger partial charge in [0.15, 0.2) is 5.76 Å². The normalized spacial score (nSPS) is 11.0. The van der Waals surface area contributed by atoms with E-state index in [1.165, 1.54) is 12.3 Å². The van der Waals surface area contributed by atoms with E-state index >= 15 is 0 Å². The molecule has 1 heterocycles. The number of halogens is 1. The fourth-order valence-corrected chi connectivity index (χ4v) is 2.08. The summed E-state index contributed by atoms with van der Waals surface area (Å²) in [6.45, 7) is 2.80. The van der Waals surface area contributed by atoms with E-state index in [9.17, 15) is 9.18 Å². The summed E-state index contributed by atoms with van der Waals surface area (Å²) < 4.78 is 19.2. The van der Waals surface area contributed by atoms with E-state index in [0.717, 1.165) is 6.42 Å². The highest BCUT2D eigenvalue weighted by molar-refractivity contribution is 5.69. The zero-order valence-electron chi connectivity index (χ0n) is 11.8. The highest BCUT2D eigenvalue weighted by atomic mass is 19.1. The SMILES string of the molecule is CCCN(CC(=O)O)Cc1ncc(-c2ccccc2F)o1. The van der Waals surface area contributed by atoms with Gasteiger partial charge in [-0.15, -0.1) is 0 Å². The van der Waals surface area contributed by atoms with Crippen LogP contribution in [-0.2, 0) is 11.3 Å². The first kappa shape index (κ1) is 15.2. The van der Waals surface area contributed by atoms with Gasteiger partial charge in [-0.2, -0.15) is 0 Å². The number of nitrogens with zero attached hydrogens (tertiary/aromatic N) is 2. The average molecular weight is 292 g/mol. The number of oxazole rings is 1. The molecule has 0 saturated carbocycles. The van der Waals surface area contributed by atoms with Gasteiger partial charge in [0.1, 0.15) is 5.82 Å². The summed E-state index contributed by atoms with van der Waals surface area (Å²) in [5, 5.41) is 8.87. The van der Waals surface area contributed by atoms with E-state index in [4.69, 9.17) is 9.52 Å². The Bertz CT molecular complexity index is 612. The van der Waals surface area contributed by atoms with Crippen molar-refractivity contribution in [3.05, 3.63) is 42.2 Å². The third-order valence-corrected chi connectivity index (χ3v) is 2.95. The van der Waals surface area contributed by atoms with Gasteiger partial charge in [-0.3, -0.25) is 9.69 Å². The number of aliphatic carboxylic acids is 1. The van der Waals surface area contributed by atoms with E-state index in [1.54, 1.807) is 23.1 Å². The molecule has 0 aliphatic rings. The fourth-order valence-electron chi connectivity index (χ4n) is 2.08. The van der Waals surface area contributed by atoms with Crippen LogP contribution in [0.1, 0.15) is 19.2 Å². The van der Waals surface area contributed by atoms with Gasteiger partial charge in [0.05, 0.1) is 24.8 Å². The van der Waals surface area contributed by atoms with Crippen LogP contribution < -0.4 is 0 Å². The molecule has 112 valence electrons. The lowest BCUT2D eigenvalue weighted by molar-refractivity contribution is -0.138. The smallest absolute Gasteiger partial charge is 0.317 e. The van der Waals surface area contributed by atoms with Crippen LogP contribution in [0, 0.1) is 5.82 Å². The molecule has 0 spiro atoms. The predicted molar refractivity (Wildman–Crippen MR) is 75.1 cm³/mol. The molecule has 1 aromatic carbocycles. The summed E-state index contributed by atoms with van der Waals surface area (Å²) in [7, 11) is 0. The van der Waals surface area contributed by atoms with Crippen LogP contribution in [-0.4, -0.2) is 34.0 Å². The van der Waals surface area contributed by atoms with Crippen LogP contribution in [0.2, 0.25) is 0 Å². The van der Waals surface area contributed by atoms with Gasteiger partial charge >= 0.3 is 5.97 Å². The minimum absolute atomic E-state index is 0.0781. The first-order valence-corrected chi connectivity index (χ1v) is 6.74. The Morgan fingerprint density at radius 1 is 1.43 bits per heavy atom. The van der Waals surface area contributed by atoms with Crippen molar-refractivity contribution < 1.29 is 18.7 Å². The molecule has 0 aliphatic heterocycles. The second kappa shape index (κ2) is 6.99. The molecule has 0 aliphatic carbocycles. The molecule has 0 atom stereocenters. The van der Waals surface area contributed by atoms with E-state index in [1.807, 2.05) is 6.92 Å². The van der Waals surface area contributed by atoms with Gasteiger partial charge in [-0.25, -0.2) is 9.37 Å². The van der Waals surface area contributed by atoms with E-state index in [0.29, 0.717) is 23.8 Å². The molecule has 6 heteroatoms. The molecule has 0 amide bonds. The van der Waals surface area contributed by atoms with Crippen LogP contribution in [0.5, 0.6) is 0 Å². The summed E-state index contributed by atoms with van der Waals surface area (Å²) >= 11 is 0. The maximum absolute atomic E-state index is 13.7. The van der Waals surface area contributed by atoms with Gasteiger partial charge in [0.2, 0.25) is 5.89 Å². The molecule has 1 N–H and O–H groups in total. The predicted octanol–water partition coefficient (Wildman–Crippen LogP) is 2.78. The molecule has 2 rings (SSSR count). The Labute approximate surface area is 122 Å². The molecule has 0 bridgehead atoms. The number of carboxylic acid groups (broad SMARTS) is 1. The Hall–Kier alpha value is -2.21. The lowest BCUT2D eigenvalue weighted by atomic mass is 10.2. The van der Waals surface area contributed by atoms with Crippen molar-refractivity contribution in [3.8, 4) is 11.3 Å². The number of rotatable bonds is 7. The Balaban J connectivity index is 2.12. The number of benzene rings is 1. The van der Waals surface area contributed by atoms with Gasteiger partial charge in [0, 0.05) is 0 Å². The zero-order chi connectivity index (χ0) is 15.2. The van der Waals surface area contributed by atoms with E-state index < -0.39 is 5.97 Å². The topological polar surface area (TPSA) is 66.6 Å². The number of carbonyl (C=O) groups is 1. The van der Waals surface area contributed by atoms with Gasteiger partial charge in [-0.05, 0) is 25.1 Å². The highest BCUT2D eigenvalue weighted by Crippen LogP contribution is 2.23. The molecule has 21 heavy (non-hydrogen) atoms. The standard InChI is InChI=1S/C15H17FN2O3/c1-2-7-18(10-15(19)20)9-14-17-8-13(21-14)11-5-3-4-6-12(11)16/h3-6,8H,2,7,9-10H2,1H3,(H,19,20). The lowest BCUT2D eigenvalue weighted by Crippen LogP contribution is -2.30. The summed E-state index contributed by atoms with van der Waals surface area (Å²) in [6, 6.07) is 6.28. The molecule has 0 radical (unpaired) electrons. The largest absolute Gasteiger partial charge is 0.480 e. The lowest BCUT2D eigenvalue weighted by Gasteiger charge is -2.16. The Morgan fingerprint density at radius 3 is 2.86 bits per heavy atom. The summed E-state index contributed by atoms with van der Waals surface area (Å²) in [5.41, 5.74) is 0.344. The number of hydrogen-bond acceptors (Lipinski definition) is 4. The maximum atomic E-state index is 13.7. The molecular formula is C15H17FN2O3. The molecule has 0 fully saturated rings. The molecule has 2 aromatic rings. The average Bonchev–Trinajstić information content (AvgIpc) is 2.87. The van der Waals surface area contributed by atoms with Crippen molar-refractivity contribution in [3.63, 3.8) is 0 Å². The summed E-state index contributed by atoms with van der Waals surface area (Å²) in [5.74, 6) is -0.557. The summed E-state index contributed by atoms with van der Waals surface area (Å²) in [4.78, 5) is 16.6. The molecule has 0 saturated heterocycles. The molecule has 1 aromatic heterocycles. The van der Waals surface area contributed by atoms with Crippen molar-refractivity contribution in [2.24, 2.45) is 0 Å². The van der Waals surface area contributed by atoms with Crippen LogP contribution >= 0.6 is 0 Å². The van der Waals surface area contributed by atoms with E-state index in [-0.39, 0.29) is 18.9 Å². The minimum Gasteiger partial charge on any atom is -0.480 e. The number of carboxylic acids is 1. The quantitative estimate of drug-likeness (QED) is 0.850. The zero-order valence-corrected chi connectivity index (χ0v) is 11.8. The van der Waals surface area contributed by atoms with Crippen LogP contribution in [0.3, 0.4) is 0 Å². The molecular weight excluding hydrogens is 275 g/mol. The number of aromatic nitrogens is 1. The van der Waals surface area contributed by atoms with Crippen LogP contribution in [0.15, 0.2) is 34.9 Å². The van der Waals surface area contributed by atoms with Gasteiger partial charge < -0.3 is 9.52 Å². The first-order valence-electron chi connectivity index (χ1n) is 6.74. The van der Waals surface area contributed by atoms with Crippen molar-refractivity contribution in [2.45, 2.75) is 19.9 Å². The second-order valence-corrected chi connectivity index (χ2v) is 4.70. The Morgan fingerprint density at radius 2 is 2.19 bits per heavy atom. The molecule has 5 nitrogen and oxygen atoms in total. The van der Waals surface area contributed by atoms with Crippen LogP contribution in [0.25, 0.3) is 11.3 Å². The van der Waals surface area contributed by atoms with Gasteiger partial charge in [0.25, 0.3) is 0 Å². The highest BCUT2D eigenvalue weighted by Gasteiger charge is 2.15.